The summed E-state index contributed by atoms with van der Waals surface area (Å²) in [5.74, 6) is -0.227. The first-order valence-corrected chi connectivity index (χ1v) is 6.88. The van der Waals surface area contributed by atoms with Crippen LogP contribution in [0.5, 0.6) is 0 Å². The van der Waals surface area contributed by atoms with Crippen molar-refractivity contribution in [2.75, 3.05) is 10.6 Å². The molecule has 0 bridgehead atoms. The lowest BCUT2D eigenvalue weighted by molar-refractivity contribution is 0.102. The SMILES string of the molecule is CCC(C)Nc1ccc(NC(=O)c2ccc(F)cc2)nc1. The second-order valence-electron chi connectivity index (χ2n) is 4.85. The molecule has 2 N–H and O–H groups in total. The molecule has 1 atom stereocenters. The van der Waals surface area contributed by atoms with E-state index in [2.05, 4.69) is 29.5 Å². The highest BCUT2D eigenvalue weighted by molar-refractivity contribution is 6.03. The fourth-order valence-electron chi connectivity index (χ4n) is 1.73. The second-order valence-corrected chi connectivity index (χ2v) is 4.85. The third kappa shape index (κ3) is 4.27. The van der Waals surface area contributed by atoms with E-state index in [9.17, 15) is 9.18 Å². The van der Waals surface area contributed by atoms with Crippen molar-refractivity contribution in [3.8, 4) is 0 Å². The molecule has 0 aliphatic rings. The van der Waals surface area contributed by atoms with Gasteiger partial charge in [0.15, 0.2) is 0 Å². The highest BCUT2D eigenvalue weighted by Gasteiger charge is 2.07. The molecule has 0 radical (unpaired) electrons. The van der Waals surface area contributed by atoms with Crippen molar-refractivity contribution >= 4 is 17.4 Å². The third-order valence-electron chi connectivity index (χ3n) is 3.14. The van der Waals surface area contributed by atoms with E-state index >= 15 is 0 Å². The number of halogens is 1. The average Bonchev–Trinajstić information content (AvgIpc) is 2.49. The first kappa shape index (κ1) is 15.0. The number of pyridine rings is 1. The summed E-state index contributed by atoms with van der Waals surface area (Å²) in [5.41, 5.74) is 1.30. The Morgan fingerprint density at radius 2 is 1.95 bits per heavy atom. The van der Waals surface area contributed by atoms with Gasteiger partial charge in [0.2, 0.25) is 0 Å². The van der Waals surface area contributed by atoms with Crippen LogP contribution in [0.3, 0.4) is 0 Å². The van der Waals surface area contributed by atoms with E-state index in [1.165, 1.54) is 24.3 Å². The van der Waals surface area contributed by atoms with E-state index < -0.39 is 0 Å². The third-order valence-corrected chi connectivity index (χ3v) is 3.14. The van der Waals surface area contributed by atoms with Crippen molar-refractivity contribution < 1.29 is 9.18 Å². The van der Waals surface area contributed by atoms with Crippen LogP contribution in [-0.4, -0.2) is 16.9 Å². The number of anilines is 2. The van der Waals surface area contributed by atoms with Gasteiger partial charge in [-0.1, -0.05) is 6.92 Å². The van der Waals surface area contributed by atoms with Gasteiger partial charge in [0.05, 0.1) is 11.9 Å². The first-order valence-electron chi connectivity index (χ1n) is 6.88. The van der Waals surface area contributed by atoms with Crippen LogP contribution in [0.2, 0.25) is 0 Å². The van der Waals surface area contributed by atoms with Crippen LogP contribution in [0.4, 0.5) is 15.9 Å². The number of nitrogens with zero attached hydrogens (tertiary/aromatic N) is 1. The Labute approximate surface area is 123 Å². The standard InChI is InChI=1S/C16H18FN3O/c1-3-11(2)19-14-8-9-15(18-10-14)20-16(21)12-4-6-13(17)7-5-12/h4-11,19H,3H2,1-2H3,(H,18,20,21). The van der Waals surface area contributed by atoms with Crippen molar-refractivity contribution in [3.05, 3.63) is 54.0 Å². The molecule has 1 unspecified atom stereocenters. The molecule has 0 fully saturated rings. The summed E-state index contributed by atoms with van der Waals surface area (Å²) in [4.78, 5) is 16.1. The Morgan fingerprint density at radius 3 is 2.52 bits per heavy atom. The maximum Gasteiger partial charge on any atom is 0.256 e. The summed E-state index contributed by atoms with van der Waals surface area (Å²) in [6.07, 6.45) is 2.69. The molecule has 0 aliphatic carbocycles. The minimum atomic E-state index is -0.370. The van der Waals surface area contributed by atoms with Gasteiger partial charge in [-0.3, -0.25) is 4.79 Å². The number of rotatable bonds is 5. The molecule has 1 aromatic carbocycles. The zero-order chi connectivity index (χ0) is 15.2. The van der Waals surface area contributed by atoms with E-state index in [0.717, 1.165) is 12.1 Å². The summed E-state index contributed by atoms with van der Waals surface area (Å²) in [7, 11) is 0. The van der Waals surface area contributed by atoms with Gasteiger partial charge in [0, 0.05) is 11.6 Å². The number of aromatic nitrogens is 1. The number of hydrogen-bond acceptors (Lipinski definition) is 3. The number of nitrogens with one attached hydrogen (secondary N) is 2. The van der Waals surface area contributed by atoms with Crippen LogP contribution in [0.25, 0.3) is 0 Å². The molecule has 2 rings (SSSR count). The molecular weight excluding hydrogens is 269 g/mol. The molecule has 0 saturated carbocycles. The number of carbonyl (C=O) groups is 1. The molecule has 1 amide bonds. The monoisotopic (exact) mass is 287 g/mol. The Bertz CT molecular complexity index is 596. The van der Waals surface area contributed by atoms with Gasteiger partial charge in [-0.05, 0) is 49.7 Å². The Morgan fingerprint density at radius 1 is 1.24 bits per heavy atom. The van der Waals surface area contributed by atoms with Gasteiger partial charge >= 0.3 is 0 Å². The fraction of sp³-hybridized carbons (Fsp3) is 0.250. The minimum absolute atomic E-state index is 0.315. The molecule has 21 heavy (non-hydrogen) atoms. The van der Waals surface area contributed by atoms with Crippen molar-refractivity contribution in [2.24, 2.45) is 0 Å². The lowest BCUT2D eigenvalue weighted by Crippen LogP contribution is -2.15. The highest BCUT2D eigenvalue weighted by atomic mass is 19.1. The zero-order valence-electron chi connectivity index (χ0n) is 12.1. The van der Waals surface area contributed by atoms with Crippen LogP contribution in [0, 0.1) is 5.82 Å². The van der Waals surface area contributed by atoms with Gasteiger partial charge in [-0.25, -0.2) is 9.37 Å². The molecule has 1 heterocycles. The van der Waals surface area contributed by atoms with Crippen molar-refractivity contribution in [1.29, 1.82) is 0 Å². The van der Waals surface area contributed by atoms with E-state index in [-0.39, 0.29) is 11.7 Å². The number of hydrogen-bond donors (Lipinski definition) is 2. The molecule has 5 heteroatoms. The predicted octanol–water partition coefficient (Wildman–Crippen LogP) is 3.68. The van der Waals surface area contributed by atoms with Crippen LogP contribution in [0.1, 0.15) is 30.6 Å². The van der Waals surface area contributed by atoms with Crippen molar-refractivity contribution in [3.63, 3.8) is 0 Å². The molecule has 110 valence electrons. The van der Waals surface area contributed by atoms with Gasteiger partial charge in [-0.15, -0.1) is 0 Å². The van der Waals surface area contributed by atoms with Crippen LogP contribution < -0.4 is 10.6 Å². The van der Waals surface area contributed by atoms with Crippen LogP contribution in [-0.2, 0) is 0 Å². The molecule has 4 nitrogen and oxygen atoms in total. The Kier molecular flexibility index (Phi) is 4.87. The predicted molar refractivity (Wildman–Crippen MR) is 82.0 cm³/mol. The minimum Gasteiger partial charge on any atom is -0.381 e. The zero-order valence-corrected chi connectivity index (χ0v) is 12.1. The Balaban J connectivity index is 1.99. The van der Waals surface area contributed by atoms with E-state index in [1.54, 1.807) is 12.3 Å². The smallest absolute Gasteiger partial charge is 0.256 e. The van der Waals surface area contributed by atoms with E-state index in [1.807, 2.05) is 6.07 Å². The second kappa shape index (κ2) is 6.83. The Hall–Kier alpha value is -2.43. The molecule has 2 aromatic rings. The summed E-state index contributed by atoms with van der Waals surface area (Å²) in [6.45, 7) is 4.19. The van der Waals surface area contributed by atoms with Crippen LogP contribution >= 0.6 is 0 Å². The van der Waals surface area contributed by atoms with Gasteiger partial charge in [0.1, 0.15) is 11.6 Å². The van der Waals surface area contributed by atoms with E-state index in [4.69, 9.17) is 0 Å². The first-order chi connectivity index (χ1) is 10.1. The quantitative estimate of drug-likeness (QED) is 0.882. The lowest BCUT2D eigenvalue weighted by atomic mass is 10.2. The molecular formula is C16H18FN3O. The van der Waals surface area contributed by atoms with Gasteiger partial charge in [-0.2, -0.15) is 0 Å². The van der Waals surface area contributed by atoms with Crippen molar-refractivity contribution in [2.45, 2.75) is 26.3 Å². The van der Waals surface area contributed by atoms with Crippen molar-refractivity contribution in [1.82, 2.24) is 4.98 Å². The molecule has 0 saturated heterocycles. The number of amides is 1. The number of benzene rings is 1. The van der Waals surface area contributed by atoms with Gasteiger partial charge in [0.25, 0.3) is 5.91 Å². The average molecular weight is 287 g/mol. The highest BCUT2D eigenvalue weighted by Crippen LogP contribution is 2.13. The number of carbonyl (C=O) groups excluding carboxylic acids is 1. The lowest BCUT2D eigenvalue weighted by Gasteiger charge is -2.12. The summed E-state index contributed by atoms with van der Waals surface area (Å²) in [6, 6.07) is 9.33. The maximum absolute atomic E-state index is 12.8. The van der Waals surface area contributed by atoms with E-state index in [0.29, 0.717) is 17.4 Å². The molecule has 0 spiro atoms. The fourth-order valence-corrected chi connectivity index (χ4v) is 1.73. The molecule has 1 aromatic heterocycles. The molecule has 0 aliphatic heterocycles. The van der Waals surface area contributed by atoms with Gasteiger partial charge < -0.3 is 10.6 Å². The summed E-state index contributed by atoms with van der Waals surface area (Å²) < 4.78 is 12.8. The van der Waals surface area contributed by atoms with Crippen LogP contribution in [0.15, 0.2) is 42.6 Å². The topological polar surface area (TPSA) is 54.0 Å². The summed E-state index contributed by atoms with van der Waals surface area (Å²) in [5, 5.41) is 5.97. The summed E-state index contributed by atoms with van der Waals surface area (Å²) >= 11 is 0. The largest absolute Gasteiger partial charge is 0.381 e. The normalized spacial score (nSPS) is 11.8. The maximum atomic E-state index is 12.8.